The molecule has 0 aliphatic rings. The van der Waals surface area contributed by atoms with Crippen molar-refractivity contribution in [2.75, 3.05) is 7.11 Å². The van der Waals surface area contributed by atoms with Crippen LogP contribution in [0.3, 0.4) is 0 Å². The highest BCUT2D eigenvalue weighted by Gasteiger charge is 2.30. The first-order chi connectivity index (χ1) is 11.3. The number of carbonyl (C=O) groups excluding carboxylic acids is 1. The number of oxime groups is 1. The molecule has 5 nitrogen and oxygen atoms in total. The lowest BCUT2D eigenvalue weighted by molar-refractivity contribution is -0.137. The van der Waals surface area contributed by atoms with Crippen LogP contribution in [-0.2, 0) is 22.4 Å². The normalized spacial score (nSPS) is 12.1. The first-order valence-electron chi connectivity index (χ1n) is 6.82. The molecule has 0 aliphatic heterocycles. The lowest BCUT2D eigenvalue weighted by Gasteiger charge is -2.08. The Kier molecular flexibility index (Phi) is 5.28. The van der Waals surface area contributed by atoms with Gasteiger partial charge in [0, 0.05) is 0 Å². The Hall–Kier alpha value is -2.77. The van der Waals surface area contributed by atoms with E-state index in [1.54, 1.807) is 0 Å². The van der Waals surface area contributed by atoms with Crippen molar-refractivity contribution < 1.29 is 32.0 Å². The van der Waals surface area contributed by atoms with E-state index in [9.17, 15) is 18.0 Å². The molecule has 2 rings (SSSR count). The number of nitrogens with zero attached hydrogens (tertiary/aromatic N) is 1. The average Bonchev–Trinajstić information content (AvgIpc) is 3.02. The predicted molar refractivity (Wildman–Crippen MR) is 78.5 cm³/mol. The number of esters is 1. The second-order valence-electron chi connectivity index (χ2n) is 4.78. The first-order valence-corrected chi connectivity index (χ1v) is 6.82. The van der Waals surface area contributed by atoms with Crippen molar-refractivity contribution >= 4 is 11.7 Å². The maximum Gasteiger partial charge on any atom is 0.416 e. The van der Waals surface area contributed by atoms with Gasteiger partial charge < -0.3 is 14.0 Å². The minimum absolute atomic E-state index is 0.159. The number of carbonyl (C=O) groups is 1. The number of halogens is 3. The Labute approximate surface area is 135 Å². The van der Waals surface area contributed by atoms with Crippen LogP contribution in [0.15, 0.2) is 46.2 Å². The molecule has 24 heavy (non-hydrogen) atoms. The quantitative estimate of drug-likeness (QED) is 0.468. The highest BCUT2D eigenvalue weighted by molar-refractivity contribution is 5.98. The Morgan fingerprint density at radius 2 is 2.04 bits per heavy atom. The summed E-state index contributed by atoms with van der Waals surface area (Å²) < 4.78 is 47.8. The molecule has 1 heterocycles. The van der Waals surface area contributed by atoms with Crippen molar-refractivity contribution in [2.45, 2.75) is 19.7 Å². The lowest BCUT2D eigenvalue weighted by atomic mass is 10.1. The minimum atomic E-state index is -4.43. The van der Waals surface area contributed by atoms with E-state index in [0.29, 0.717) is 0 Å². The predicted octanol–water partition coefficient (Wildman–Crippen LogP) is 4.03. The summed E-state index contributed by atoms with van der Waals surface area (Å²) in [6.07, 6.45) is -3.13. The summed E-state index contributed by atoms with van der Waals surface area (Å²) in [5.74, 6) is -0.372. The van der Waals surface area contributed by atoms with E-state index in [0.717, 1.165) is 12.1 Å². The van der Waals surface area contributed by atoms with Gasteiger partial charge in [-0.2, -0.15) is 13.2 Å². The first kappa shape index (κ1) is 17.6. The van der Waals surface area contributed by atoms with E-state index in [1.165, 1.54) is 38.5 Å². The Morgan fingerprint density at radius 1 is 1.29 bits per heavy atom. The highest BCUT2D eigenvalue weighted by atomic mass is 19.4. The van der Waals surface area contributed by atoms with Gasteiger partial charge >= 0.3 is 12.1 Å². The number of alkyl halides is 3. The van der Waals surface area contributed by atoms with Gasteiger partial charge in [0.15, 0.2) is 12.4 Å². The molecule has 0 atom stereocenters. The number of rotatable bonds is 5. The molecular weight excluding hydrogens is 327 g/mol. The summed E-state index contributed by atoms with van der Waals surface area (Å²) in [7, 11) is 1.23. The molecule has 0 N–H and O–H groups in total. The molecule has 1 aromatic carbocycles. The van der Waals surface area contributed by atoms with E-state index < -0.39 is 17.7 Å². The third-order valence-corrected chi connectivity index (χ3v) is 3.16. The van der Waals surface area contributed by atoms with Gasteiger partial charge in [0.1, 0.15) is 5.56 Å². The van der Waals surface area contributed by atoms with Gasteiger partial charge in [0.2, 0.25) is 0 Å². The molecule has 8 heteroatoms. The topological polar surface area (TPSA) is 61.0 Å². The second-order valence-corrected chi connectivity index (χ2v) is 4.78. The Balaban J connectivity index is 2.08. The van der Waals surface area contributed by atoms with E-state index in [4.69, 9.17) is 9.25 Å². The van der Waals surface area contributed by atoms with Gasteiger partial charge in [0.25, 0.3) is 0 Å². The summed E-state index contributed by atoms with van der Waals surface area (Å²) in [6, 6.07) is 6.16. The smallest absolute Gasteiger partial charge is 0.416 e. The van der Waals surface area contributed by atoms with Crippen LogP contribution in [0.5, 0.6) is 0 Å². The Bertz CT molecular complexity index is 750. The summed E-state index contributed by atoms with van der Waals surface area (Å²) in [4.78, 5) is 16.5. The van der Waals surface area contributed by atoms with Crippen molar-refractivity contribution in [3.8, 4) is 0 Å². The van der Waals surface area contributed by atoms with E-state index in [1.807, 2.05) is 0 Å². The van der Waals surface area contributed by atoms with Crippen molar-refractivity contribution in [1.82, 2.24) is 0 Å². The summed E-state index contributed by atoms with van der Waals surface area (Å²) in [5.41, 5.74) is -0.0391. The van der Waals surface area contributed by atoms with Crippen LogP contribution in [-0.4, -0.2) is 18.8 Å². The van der Waals surface area contributed by atoms with Crippen LogP contribution in [0.2, 0.25) is 0 Å². The molecule has 0 bridgehead atoms. The van der Waals surface area contributed by atoms with Crippen LogP contribution >= 0.6 is 0 Å². The fraction of sp³-hybridized carbons (Fsp3) is 0.250. The van der Waals surface area contributed by atoms with Gasteiger partial charge in [-0.3, -0.25) is 0 Å². The van der Waals surface area contributed by atoms with Crippen molar-refractivity contribution in [3.63, 3.8) is 0 Å². The number of ether oxygens (including phenoxy) is 1. The maximum atomic E-state index is 12.7. The van der Waals surface area contributed by atoms with Crippen molar-refractivity contribution in [2.24, 2.45) is 5.16 Å². The molecule has 0 aliphatic carbocycles. The molecule has 0 saturated heterocycles. The molecule has 2 aromatic rings. The fourth-order valence-electron chi connectivity index (χ4n) is 1.91. The standard InChI is InChI=1S/C16H14F3NO4/c1-10(11-4-3-5-12(8-11)16(17,18)19)20-24-9-14-13(6-7-23-14)15(21)22-2/h3-8H,9H2,1-2H3. The molecule has 128 valence electrons. The zero-order valence-corrected chi connectivity index (χ0v) is 12.9. The van der Waals surface area contributed by atoms with Crippen LogP contribution < -0.4 is 0 Å². The zero-order valence-electron chi connectivity index (χ0n) is 12.9. The molecule has 0 saturated carbocycles. The fourth-order valence-corrected chi connectivity index (χ4v) is 1.91. The van der Waals surface area contributed by atoms with Crippen LogP contribution in [0.1, 0.15) is 34.2 Å². The summed E-state index contributed by atoms with van der Waals surface area (Å²) >= 11 is 0. The minimum Gasteiger partial charge on any atom is -0.465 e. The average molecular weight is 341 g/mol. The maximum absolute atomic E-state index is 12.7. The number of benzene rings is 1. The van der Waals surface area contributed by atoms with Crippen LogP contribution in [0, 0.1) is 0 Å². The number of hydrogen-bond acceptors (Lipinski definition) is 5. The largest absolute Gasteiger partial charge is 0.465 e. The molecule has 0 unspecified atom stereocenters. The Morgan fingerprint density at radius 3 is 2.71 bits per heavy atom. The van der Waals surface area contributed by atoms with E-state index in [2.05, 4.69) is 9.89 Å². The van der Waals surface area contributed by atoms with Crippen LogP contribution in [0.4, 0.5) is 13.2 Å². The van der Waals surface area contributed by atoms with Gasteiger partial charge in [-0.15, -0.1) is 0 Å². The molecule has 0 spiro atoms. The van der Waals surface area contributed by atoms with Crippen molar-refractivity contribution in [3.05, 3.63) is 59.0 Å². The molecular formula is C16H14F3NO4. The summed E-state index contributed by atoms with van der Waals surface area (Å²) in [5, 5.41) is 3.76. The number of furan rings is 1. The van der Waals surface area contributed by atoms with Gasteiger partial charge in [-0.25, -0.2) is 4.79 Å². The molecule has 0 radical (unpaired) electrons. The third-order valence-electron chi connectivity index (χ3n) is 3.16. The molecule has 0 fully saturated rings. The molecule has 0 amide bonds. The van der Waals surface area contributed by atoms with Crippen LogP contribution in [0.25, 0.3) is 0 Å². The summed E-state index contributed by atoms with van der Waals surface area (Å²) in [6.45, 7) is 1.35. The highest BCUT2D eigenvalue weighted by Crippen LogP contribution is 2.29. The van der Waals surface area contributed by atoms with Gasteiger partial charge in [0.05, 0.1) is 24.6 Å². The number of hydrogen-bond donors (Lipinski definition) is 0. The van der Waals surface area contributed by atoms with E-state index in [-0.39, 0.29) is 29.2 Å². The SMILES string of the molecule is COC(=O)c1ccoc1CON=C(C)c1cccc(C(F)(F)F)c1. The zero-order chi connectivity index (χ0) is 17.7. The lowest BCUT2D eigenvalue weighted by Crippen LogP contribution is -2.07. The number of methoxy groups -OCH3 is 1. The van der Waals surface area contributed by atoms with Crippen molar-refractivity contribution in [1.29, 1.82) is 0 Å². The van der Waals surface area contributed by atoms with E-state index >= 15 is 0 Å². The second kappa shape index (κ2) is 7.20. The third kappa shape index (κ3) is 4.15. The van der Waals surface area contributed by atoms with Gasteiger partial charge in [-0.05, 0) is 30.7 Å². The monoisotopic (exact) mass is 341 g/mol. The molecule has 1 aromatic heterocycles. The van der Waals surface area contributed by atoms with Gasteiger partial charge in [-0.1, -0.05) is 17.3 Å².